The highest BCUT2D eigenvalue weighted by Crippen LogP contribution is 2.17. The Balaban J connectivity index is 1.97. The molecule has 2 rings (SSSR count). The Morgan fingerprint density at radius 2 is 2.06 bits per heavy atom. The molecule has 1 aromatic rings. The second-order valence-corrected chi connectivity index (χ2v) is 4.78. The second kappa shape index (κ2) is 5.65. The van der Waals surface area contributed by atoms with E-state index in [4.69, 9.17) is 11.0 Å². The summed E-state index contributed by atoms with van der Waals surface area (Å²) in [5.74, 6) is -0.104. The van der Waals surface area contributed by atoms with Crippen LogP contribution in [0.5, 0.6) is 0 Å². The molecule has 3 N–H and O–H groups in total. The minimum Gasteiger partial charge on any atom is -0.349 e. The minimum atomic E-state index is -0.104. The van der Waals surface area contributed by atoms with Gasteiger partial charge in [-0.05, 0) is 43.9 Å². The number of carbonyl (C=O) groups is 1. The minimum absolute atomic E-state index is 0.104. The topological polar surface area (TPSA) is 78.9 Å². The summed E-state index contributed by atoms with van der Waals surface area (Å²) in [6.45, 7) is 0. The highest BCUT2D eigenvalue weighted by atomic mass is 16.1. The van der Waals surface area contributed by atoms with E-state index in [1.54, 1.807) is 24.3 Å². The number of hydrogen-bond donors (Lipinski definition) is 2. The molecule has 0 radical (unpaired) electrons. The summed E-state index contributed by atoms with van der Waals surface area (Å²) in [5, 5.41) is 11.8. The number of hydrogen-bond acceptors (Lipinski definition) is 3. The van der Waals surface area contributed by atoms with E-state index in [-0.39, 0.29) is 18.0 Å². The number of benzene rings is 1. The van der Waals surface area contributed by atoms with Crippen LogP contribution in [0.2, 0.25) is 0 Å². The van der Waals surface area contributed by atoms with Crippen molar-refractivity contribution < 1.29 is 4.79 Å². The van der Waals surface area contributed by atoms with Crippen molar-refractivity contribution in [3.05, 3.63) is 35.4 Å². The summed E-state index contributed by atoms with van der Waals surface area (Å²) < 4.78 is 0. The SMILES string of the molecule is N#Cc1cccc(C(=O)NC2CCC(N)CC2)c1. The van der Waals surface area contributed by atoms with Gasteiger partial charge in [0.15, 0.2) is 0 Å². The van der Waals surface area contributed by atoms with E-state index in [2.05, 4.69) is 5.32 Å². The Kier molecular flexibility index (Phi) is 3.96. The van der Waals surface area contributed by atoms with Gasteiger partial charge >= 0.3 is 0 Å². The first-order chi connectivity index (χ1) is 8.69. The van der Waals surface area contributed by atoms with Crippen LogP contribution in [0.15, 0.2) is 24.3 Å². The van der Waals surface area contributed by atoms with Crippen molar-refractivity contribution >= 4 is 5.91 Å². The lowest BCUT2D eigenvalue weighted by Crippen LogP contribution is -2.40. The Morgan fingerprint density at radius 1 is 1.33 bits per heavy atom. The normalized spacial score (nSPS) is 23.1. The van der Waals surface area contributed by atoms with E-state index < -0.39 is 0 Å². The van der Waals surface area contributed by atoms with Crippen LogP contribution < -0.4 is 11.1 Å². The zero-order valence-electron chi connectivity index (χ0n) is 10.2. The number of nitrogens with two attached hydrogens (primary N) is 1. The fourth-order valence-corrected chi connectivity index (χ4v) is 2.26. The van der Waals surface area contributed by atoms with Gasteiger partial charge in [0.25, 0.3) is 5.91 Å². The molecule has 0 bridgehead atoms. The largest absolute Gasteiger partial charge is 0.349 e. The lowest BCUT2D eigenvalue weighted by atomic mass is 9.91. The Hall–Kier alpha value is -1.86. The van der Waals surface area contributed by atoms with Crippen molar-refractivity contribution in [2.45, 2.75) is 37.8 Å². The molecule has 1 fully saturated rings. The lowest BCUT2D eigenvalue weighted by molar-refractivity contribution is 0.0926. The van der Waals surface area contributed by atoms with E-state index in [9.17, 15) is 4.79 Å². The molecule has 1 saturated carbocycles. The fourth-order valence-electron chi connectivity index (χ4n) is 2.26. The first-order valence-electron chi connectivity index (χ1n) is 6.25. The zero-order valence-corrected chi connectivity index (χ0v) is 10.2. The highest BCUT2D eigenvalue weighted by Gasteiger charge is 2.20. The molecule has 1 aliphatic carbocycles. The van der Waals surface area contributed by atoms with Gasteiger partial charge in [0.05, 0.1) is 11.6 Å². The van der Waals surface area contributed by atoms with Crippen LogP contribution >= 0.6 is 0 Å². The molecule has 0 spiro atoms. The van der Waals surface area contributed by atoms with Crippen LogP contribution in [0.1, 0.15) is 41.6 Å². The predicted octanol–water partition coefficient (Wildman–Crippen LogP) is 1.56. The number of nitrogens with zero attached hydrogens (tertiary/aromatic N) is 1. The van der Waals surface area contributed by atoms with Crippen LogP contribution in [0.4, 0.5) is 0 Å². The molecular weight excluding hydrogens is 226 g/mol. The van der Waals surface area contributed by atoms with Crippen molar-refractivity contribution in [3.63, 3.8) is 0 Å². The average molecular weight is 243 g/mol. The summed E-state index contributed by atoms with van der Waals surface area (Å²) in [6, 6.07) is 9.28. The number of rotatable bonds is 2. The van der Waals surface area contributed by atoms with Gasteiger partial charge in [-0.1, -0.05) is 6.07 Å². The molecule has 0 saturated heterocycles. The molecule has 4 heteroatoms. The molecule has 0 aromatic heterocycles. The third-order valence-corrected chi connectivity index (χ3v) is 3.36. The van der Waals surface area contributed by atoms with Gasteiger partial charge in [0.2, 0.25) is 0 Å². The highest BCUT2D eigenvalue weighted by molar-refractivity contribution is 5.94. The summed E-state index contributed by atoms with van der Waals surface area (Å²) in [7, 11) is 0. The second-order valence-electron chi connectivity index (χ2n) is 4.78. The number of amides is 1. The van der Waals surface area contributed by atoms with Gasteiger partial charge in [0.1, 0.15) is 0 Å². The average Bonchev–Trinajstić information content (AvgIpc) is 2.41. The van der Waals surface area contributed by atoms with Gasteiger partial charge < -0.3 is 11.1 Å². The molecule has 0 unspecified atom stereocenters. The van der Waals surface area contributed by atoms with E-state index in [0.717, 1.165) is 25.7 Å². The van der Waals surface area contributed by atoms with Gasteiger partial charge in [-0.25, -0.2) is 0 Å². The van der Waals surface area contributed by atoms with E-state index >= 15 is 0 Å². The molecule has 18 heavy (non-hydrogen) atoms. The standard InChI is InChI=1S/C14H17N3O/c15-9-10-2-1-3-11(8-10)14(18)17-13-6-4-12(16)5-7-13/h1-3,8,12-13H,4-7,16H2,(H,17,18). The summed E-state index contributed by atoms with van der Waals surface area (Å²) in [6.07, 6.45) is 3.79. The maximum Gasteiger partial charge on any atom is 0.251 e. The molecule has 1 aliphatic rings. The van der Waals surface area contributed by atoms with Gasteiger partial charge in [-0.2, -0.15) is 5.26 Å². The maximum absolute atomic E-state index is 12.0. The molecule has 0 heterocycles. The molecule has 4 nitrogen and oxygen atoms in total. The smallest absolute Gasteiger partial charge is 0.251 e. The van der Waals surface area contributed by atoms with Crippen molar-refractivity contribution in [1.82, 2.24) is 5.32 Å². The van der Waals surface area contributed by atoms with Crippen LogP contribution in [0.3, 0.4) is 0 Å². The quantitative estimate of drug-likeness (QED) is 0.827. The van der Waals surface area contributed by atoms with Gasteiger partial charge in [-0.15, -0.1) is 0 Å². The summed E-state index contributed by atoms with van der Waals surface area (Å²) >= 11 is 0. The fraction of sp³-hybridized carbons (Fsp3) is 0.429. The third-order valence-electron chi connectivity index (χ3n) is 3.36. The van der Waals surface area contributed by atoms with Gasteiger partial charge in [-0.3, -0.25) is 4.79 Å². The number of carbonyl (C=O) groups excluding carboxylic acids is 1. The van der Waals surface area contributed by atoms with E-state index in [1.807, 2.05) is 6.07 Å². The molecule has 0 atom stereocenters. The Bertz CT molecular complexity index is 470. The van der Waals surface area contributed by atoms with Crippen LogP contribution in [-0.4, -0.2) is 18.0 Å². The van der Waals surface area contributed by atoms with Crippen molar-refractivity contribution in [1.29, 1.82) is 5.26 Å². The van der Waals surface area contributed by atoms with Crippen molar-refractivity contribution in [3.8, 4) is 6.07 Å². The maximum atomic E-state index is 12.0. The first-order valence-corrected chi connectivity index (χ1v) is 6.25. The Labute approximate surface area is 107 Å². The summed E-state index contributed by atoms with van der Waals surface area (Å²) in [4.78, 5) is 12.0. The zero-order chi connectivity index (χ0) is 13.0. The molecule has 1 amide bonds. The number of nitrogens with one attached hydrogen (secondary N) is 1. The van der Waals surface area contributed by atoms with Crippen molar-refractivity contribution in [2.24, 2.45) is 5.73 Å². The van der Waals surface area contributed by atoms with E-state index in [0.29, 0.717) is 11.1 Å². The van der Waals surface area contributed by atoms with Crippen LogP contribution in [-0.2, 0) is 0 Å². The van der Waals surface area contributed by atoms with Crippen LogP contribution in [0.25, 0.3) is 0 Å². The first kappa shape index (κ1) is 12.6. The predicted molar refractivity (Wildman–Crippen MR) is 68.9 cm³/mol. The monoisotopic (exact) mass is 243 g/mol. The molecule has 1 aromatic carbocycles. The van der Waals surface area contributed by atoms with Crippen LogP contribution in [0, 0.1) is 11.3 Å². The van der Waals surface area contributed by atoms with E-state index in [1.165, 1.54) is 0 Å². The van der Waals surface area contributed by atoms with Crippen molar-refractivity contribution in [2.75, 3.05) is 0 Å². The third kappa shape index (κ3) is 3.08. The number of nitriles is 1. The molecule has 94 valence electrons. The Morgan fingerprint density at radius 3 is 2.72 bits per heavy atom. The summed E-state index contributed by atoms with van der Waals surface area (Å²) in [5.41, 5.74) is 6.88. The molecule has 0 aliphatic heterocycles. The van der Waals surface area contributed by atoms with Gasteiger partial charge in [0, 0.05) is 17.6 Å². The molecular formula is C14H17N3O. The lowest BCUT2D eigenvalue weighted by Gasteiger charge is -2.26.